The number of esters is 1. The summed E-state index contributed by atoms with van der Waals surface area (Å²) in [6, 6.07) is 13.0. The Balaban J connectivity index is 1.37. The number of benzene rings is 2. The van der Waals surface area contributed by atoms with Crippen LogP contribution >= 0.6 is 0 Å². The Morgan fingerprint density at radius 3 is 2.64 bits per heavy atom. The molecule has 1 N–H and O–H groups in total. The van der Waals surface area contributed by atoms with Crippen LogP contribution in [-0.2, 0) is 20.9 Å². The molecular weight excluding hydrogens is 362 g/mol. The van der Waals surface area contributed by atoms with Gasteiger partial charge in [0.1, 0.15) is 5.75 Å². The number of amides is 1. The molecule has 2 aromatic carbocycles. The minimum absolute atomic E-state index is 0.0632. The molecule has 0 aliphatic carbocycles. The molecule has 3 rings (SSSR count). The van der Waals surface area contributed by atoms with Crippen LogP contribution in [-0.4, -0.2) is 31.4 Å². The number of rotatable bonds is 8. The van der Waals surface area contributed by atoms with E-state index in [9.17, 15) is 9.59 Å². The lowest BCUT2D eigenvalue weighted by atomic mass is 10.2. The first kappa shape index (κ1) is 19.5. The molecule has 28 heavy (non-hydrogen) atoms. The Bertz CT molecular complexity index is 833. The Kier molecular flexibility index (Phi) is 6.37. The van der Waals surface area contributed by atoms with Crippen molar-refractivity contribution in [3.05, 3.63) is 53.6 Å². The maximum Gasteiger partial charge on any atom is 0.310 e. The van der Waals surface area contributed by atoms with Crippen LogP contribution in [0.2, 0.25) is 0 Å². The average Bonchev–Trinajstić information content (AvgIpc) is 3.15. The van der Waals surface area contributed by atoms with Gasteiger partial charge in [0.15, 0.2) is 17.6 Å². The highest BCUT2D eigenvalue weighted by Crippen LogP contribution is 2.32. The fourth-order valence-corrected chi connectivity index (χ4v) is 2.58. The minimum Gasteiger partial charge on any atom is -0.493 e. The van der Waals surface area contributed by atoms with Crippen molar-refractivity contribution in [1.82, 2.24) is 5.32 Å². The SMILES string of the molecule is Cc1ccc(OCCC(=O)O[C@H](C)C(=O)NCc2ccc3c(c2)OCO3)cc1. The van der Waals surface area contributed by atoms with Crippen LogP contribution in [0.3, 0.4) is 0 Å². The number of aryl methyl sites for hydroxylation is 1. The largest absolute Gasteiger partial charge is 0.493 e. The molecule has 0 radical (unpaired) electrons. The summed E-state index contributed by atoms with van der Waals surface area (Å²) < 4.78 is 21.2. The van der Waals surface area contributed by atoms with Gasteiger partial charge in [-0.05, 0) is 43.7 Å². The van der Waals surface area contributed by atoms with Gasteiger partial charge in [0, 0.05) is 6.54 Å². The number of hydrogen-bond donors (Lipinski definition) is 1. The normalized spacial score (nSPS) is 12.9. The molecule has 7 heteroatoms. The van der Waals surface area contributed by atoms with Crippen LogP contribution < -0.4 is 19.5 Å². The molecule has 0 spiro atoms. The molecule has 1 heterocycles. The predicted octanol–water partition coefficient (Wildman–Crippen LogP) is 2.74. The van der Waals surface area contributed by atoms with Crippen LogP contribution in [0.5, 0.6) is 17.2 Å². The van der Waals surface area contributed by atoms with Gasteiger partial charge in [0.05, 0.1) is 13.0 Å². The lowest BCUT2D eigenvalue weighted by molar-refractivity contribution is -0.155. The van der Waals surface area contributed by atoms with Crippen molar-refractivity contribution in [2.24, 2.45) is 0 Å². The first-order valence-electron chi connectivity index (χ1n) is 9.06. The number of carbonyl (C=O) groups is 2. The van der Waals surface area contributed by atoms with Crippen LogP contribution in [0.1, 0.15) is 24.5 Å². The third-order valence-electron chi connectivity index (χ3n) is 4.18. The zero-order valence-electron chi connectivity index (χ0n) is 15.9. The Hall–Kier alpha value is -3.22. The summed E-state index contributed by atoms with van der Waals surface area (Å²) in [6.07, 6.45) is -0.825. The lowest BCUT2D eigenvalue weighted by Crippen LogP contribution is -2.35. The van der Waals surface area contributed by atoms with E-state index in [0.717, 1.165) is 11.1 Å². The molecule has 148 valence electrons. The Labute approximate surface area is 163 Å². The minimum atomic E-state index is -0.888. The van der Waals surface area contributed by atoms with Crippen molar-refractivity contribution in [3.8, 4) is 17.2 Å². The highest BCUT2D eigenvalue weighted by Gasteiger charge is 2.18. The molecule has 0 fully saturated rings. The standard InChI is InChI=1S/C21H23NO6/c1-14-3-6-17(7-4-14)25-10-9-20(23)28-15(2)21(24)22-12-16-5-8-18-19(11-16)27-13-26-18/h3-8,11,15H,9-10,12-13H2,1-2H3,(H,22,24)/t15-/m1/s1. The molecule has 1 aliphatic rings. The van der Waals surface area contributed by atoms with E-state index in [2.05, 4.69) is 5.32 Å². The van der Waals surface area contributed by atoms with Crippen LogP contribution in [0, 0.1) is 6.92 Å². The molecule has 1 atom stereocenters. The van der Waals surface area contributed by atoms with Gasteiger partial charge in [0.2, 0.25) is 6.79 Å². The summed E-state index contributed by atoms with van der Waals surface area (Å²) in [5, 5.41) is 2.74. The summed E-state index contributed by atoms with van der Waals surface area (Å²) in [5.41, 5.74) is 2.00. The van der Waals surface area contributed by atoms with E-state index in [1.54, 1.807) is 6.07 Å². The van der Waals surface area contributed by atoms with Gasteiger partial charge in [-0.2, -0.15) is 0 Å². The second kappa shape index (κ2) is 9.12. The first-order valence-corrected chi connectivity index (χ1v) is 9.06. The fraction of sp³-hybridized carbons (Fsp3) is 0.333. The van der Waals surface area contributed by atoms with Gasteiger partial charge >= 0.3 is 5.97 Å². The second-order valence-corrected chi connectivity index (χ2v) is 6.45. The Morgan fingerprint density at radius 2 is 1.86 bits per heavy atom. The maximum atomic E-state index is 12.1. The number of nitrogens with one attached hydrogen (secondary N) is 1. The molecule has 1 aliphatic heterocycles. The topological polar surface area (TPSA) is 83.1 Å². The summed E-state index contributed by atoms with van der Waals surface area (Å²) in [4.78, 5) is 24.0. The van der Waals surface area contributed by atoms with Gasteiger partial charge in [0.25, 0.3) is 5.91 Å². The fourth-order valence-electron chi connectivity index (χ4n) is 2.58. The zero-order valence-corrected chi connectivity index (χ0v) is 15.9. The van der Waals surface area contributed by atoms with Gasteiger partial charge in [-0.25, -0.2) is 0 Å². The number of fused-ring (bicyclic) bond motifs is 1. The smallest absolute Gasteiger partial charge is 0.310 e. The van der Waals surface area contributed by atoms with E-state index in [-0.39, 0.29) is 25.7 Å². The van der Waals surface area contributed by atoms with Crippen molar-refractivity contribution >= 4 is 11.9 Å². The monoisotopic (exact) mass is 385 g/mol. The summed E-state index contributed by atoms with van der Waals surface area (Å²) in [6.45, 7) is 4.21. The van der Waals surface area contributed by atoms with Crippen LogP contribution in [0.4, 0.5) is 0 Å². The van der Waals surface area contributed by atoms with Gasteiger partial charge < -0.3 is 24.3 Å². The molecule has 2 aromatic rings. The van der Waals surface area contributed by atoms with Crippen LogP contribution in [0.15, 0.2) is 42.5 Å². The molecule has 0 bridgehead atoms. The van der Waals surface area contributed by atoms with Crippen molar-refractivity contribution < 1.29 is 28.5 Å². The highest BCUT2D eigenvalue weighted by atomic mass is 16.7. The second-order valence-electron chi connectivity index (χ2n) is 6.45. The number of ether oxygens (including phenoxy) is 4. The molecule has 1 amide bonds. The average molecular weight is 385 g/mol. The quantitative estimate of drug-likeness (QED) is 0.704. The molecule has 7 nitrogen and oxygen atoms in total. The van der Waals surface area contributed by atoms with E-state index in [0.29, 0.717) is 23.8 Å². The van der Waals surface area contributed by atoms with Crippen molar-refractivity contribution in [2.75, 3.05) is 13.4 Å². The summed E-state index contributed by atoms with van der Waals surface area (Å²) in [5.74, 6) is 1.17. The van der Waals surface area contributed by atoms with Crippen molar-refractivity contribution in [1.29, 1.82) is 0 Å². The zero-order chi connectivity index (χ0) is 19.9. The molecule has 0 saturated heterocycles. The number of carbonyl (C=O) groups excluding carboxylic acids is 2. The summed E-state index contributed by atoms with van der Waals surface area (Å²) in [7, 11) is 0. The third kappa shape index (κ3) is 5.39. The molecule has 0 aromatic heterocycles. The molecule has 0 unspecified atom stereocenters. The van der Waals surface area contributed by atoms with E-state index in [1.807, 2.05) is 43.3 Å². The van der Waals surface area contributed by atoms with E-state index in [4.69, 9.17) is 18.9 Å². The van der Waals surface area contributed by atoms with Gasteiger partial charge in [-0.3, -0.25) is 9.59 Å². The van der Waals surface area contributed by atoms with Crippen LogP contribution in [0.25, 0.3) is 0 Å². The predicted molar refractivity (Wildman–Crippen MR) is 101 cm³/mol. The molecule has 0 saturated carbocycles. The first-order chi connectivity index (χ1) is 13.5. The third-order valence-corrected chi connectivity index (χ3v) is 4.18. The molecular formula is C21H23NO6. The van der Waals surface area contributed by atoms with Crippen molar-refractivity contribution in [2.45, 2.75) is 32.9 Å². The number of hydrogen-bond acceptors (Lipinski definition) is 6. The van der Waals surface area contributed by atoms with E-state index in [1.165, 1.54) is 6.92 Å². The lowest BCUT2D eigenvalue weighted by Gasteiger charge is -2.14. The van der Waals surface area contributed by atoms with Gasteiger partial charge in [-0.15, -0.1) is 0 Å². The highest BCUT2D eigenvalue weighted by molar-refractivity contribution is 5.83. The summed E-state index contributed by atoms with van der Waals surface area (Å²) >= 11 is 0. The van der Waals surface area contributed by atoms with E-state index < -0.39 is 12.1 Å². The van der Waals surface area contributed by atoms with Gasteiger partial charge in [-0.1, -0.05) is 23.8 Å². The van der Waals surface area contributed by atoms with E-state index >= 15 is 0 Å². The Morgan fingerprint density at radius 1 is 1.11 bits per heavy atom. The van der Waals surface area contributed by atoms with Crippen molar-refractivity contribution in [3.63, 3.8) is 0 Å². The maximum absolute atomic E-state index is 12.1.